The molecule has 146 valence electrons. The molecule has 0 unspecified atom stereocenters. The van der Waals surface area contributed by atoms with E-state index < -0.39 is 35.6 Å². The van der Waals surface area contributed by atoms with Crippen LogP contribution in [0.5, 0.6) is 0 Å². The van der Waals surface area contributed by atoms with E-state index in [1.54, 1.807) is 5.38 Å². The number of amides is 1. The first-order valence-electron chi connectivity index (χ1n) is 7.62. The van der Waals surface area contributed by atoms with Crippen molar-refractivity contribution in [3.63, 3.8) is 0 Å². The van der Waals surface area contributed by atoms with Gasteiger partial charge in [0.1, 0.15) is 17.9 Å². The summed E-state index contributed by atoms with van der Waals surface area (Å²) in [5, 5.41) is 4.09. The minimum atomic E-state index is -4.81. The molecule has 0 aliphatic carbocycles. The van der Waals surface area contributed by atoms with Gasteiger partial charge in [0.25, 0.3) is 5.56 Å². The van der Waals surface area contributed by atoms with Gasteiger partial charge in [-0.15, -0.1) is 11.3 Å². The Morgan fingerprint density at radius 1 is 1.29 bits per heavy atom. The van der Waals surface area contributed by atoms with Crippen LogP contribution in [-0.4, -0.2) is 15.5 Å². The van der Waals surface area contributed by atoms with Crippen LogP contribution in [0.2, 0.25) is 5.02 Å². The number of anilines is 1. The Bertz CT molecular complexity index is 1090. The summed E-state index contributed by atoms with van der Waals surface area (Å²) < 4.78 is 52.2. The van der Waals surface area contributed by atoms with Crippen molar-refractivity contribution in [3.05, 3.63) is 68.7 Å². The summed E-state index contributed by atoms with van der Waals surface area (Å²) >= 11 is 6.78. The molecule has 0 saturated heterocycles. The molecule has 0 radical (unpaired) electrons. The van der Waals surface area contributed by atoms with Gasteiger partial charge in [-0.3, -0.25) is 9.59 Å². The van der Waals surface area contributed by atoms with E-state index in [0.29, 0.717) is 21.9 Å². The maximum Gasteiger partial charge on any atom is 0.421 e. The van der Waals surface area contributed by atoms with Crippen molar-refractivity contribution in [1.29, 1.82) is 0 Å². The minimum absolute atomic E-state index is 0.0833. The van der Waals surface area contributed by atoms with Gasteiger partial charge in [-0.1, -0.05) is 11.6 Å². The van der Waals surface area contributed by atoms with Crippen LogP contribution in [0.3, 0.4) is 0 Å². The highest BCUT2D eigenvalue weighted by atomic mass is 35.5. The highest BCUT2D eigenvalue weighted by Crippen LogP contribution is 2.28. The number of pyridine rings is 1. The molecule has 1 amide bonds. The predicted molar refractivity (Wildman–Crippen MR) is 96.9 cm³/mol. The molecule has 5 nitrogen and oxygen atoms in total. The summed E-state index contributed by atoms with van der Waals surface area (Å²) in [6.07, 6.45) is -3.72. The number of rotatable bonds is 4. The Labute approximate surface area is 164 Å². The molecule has 0 atom stereocenters. The van der Waals surface area contributed by atoms with Crippen molar-refractivity contribution in [2.45, 2.75) is 12.7 Å². The maximum atomic E-state index is 13.2. The van der Waals surface area contributed by atoms with E-state index in [4.69, 9.17) is 11.6 Å². The fourth-order valence-electron chi connectivity index (χ4n) is 2.31. The molecule has 0 aliphatic heterocycles. The summed E-state index contributed by atoms with van der Waals surface area (Å²) in [6, 6.07) is 5.70. The molecule has 1 aromatic carbocycles. The fraction of sp³-hybridized carbons (Fsp3) is 0.118. The Morgan fingerprint density at radius 2 is 2.04 bits per heavy atom. The van der Waals surface area contributed by atoms with Gasteiger partial charge in [0, 0.05) is 17.1 Å². The zero-order chi connectivity index (χ0) is 20.5. The van der Waals surface area contributed by atoms with Crippen LogP contribution in [0.1, 0.15) is 5.56 Å². The van der Waals surface area contributed by atoms with Crippen LogP contribution < -0.4 is 10.9 Å². The normalized spacial score (nSPS) is 11.5. The van der Waals surface area contributed by atoms with Crippen LogP contribution in [-0.2, 0) is 17.5 Å². The first kappa shape index (κ1) is 20.0. The van der Waals surface area contributed by atoms with Crippen LogP contribution in [0.25, 0.3) is 11.3 Å². The summed E-state index contributed by atoms with van der Waals surface area (Å²) in [5.74, 6) is -1.31. The first-order chi connectivity index (χ1) is 13.1. The average molecular weight is 432 g/mol. The molecule has 3 aromatic rings. The average Bonchev–Trinajstić information content (AvgIpc) is 3.06. The molecule has 0 aliphatic rings. The van der Waals surface area contributed by atoms with E-state index in [9.17, 15) is 27.2 Å². The quantitative estimate of drug-likeness (QED) is 0.622. The molecule has 28 heavy (non-hydrogen) atoms. The van der Waals surface area contributed by atoms with Crippen LogP contribution >= 0.6 is 22.9 Å². The SMILES string of the molecule is O=C(Cn1cccc(C(F)(F)F)c1=O)Nc1nc(-c2ccc(F)c(Cl)c2)cs1. The molecule has 0 fully saturated rings. The van der Waals surface area contributed by atoms with Crippen molar-refractivity contribution in [1.82, 2.24) is 9.55 Å². The maximum absolute atomic E-state index is 13.2. The largest absolute Gasteiger partial charge is 0.421 e. The molecule has 0 saturated carbocycles. The smallest absolute Gasteiger partial charge is 0.306 e. The lowest BCUT2D eigenvalue weighted by atomic mass is 10.2. The molecular formula is C17H10ClF4N3O2S. The van der Waals surface area contributed by atoms with Crippen molar-refractivity contribution < 1.29 is 22.4 Å². The third-order valence-electron chi connectivity index (χ3n) is 3.61. The number of nitrogens with zero attached hydrogens (tertiary/aromatic N) is 2. The van der Waals surface area contributed by atoms with Gasteiger partial charge in [0.15, 0.2) is 5.13 Å². The summed E-state index contributed by atoms with van der Waals surface area (Å²) in [5.41, 5.74) is -1.71. The van der Waals surface area contributed by atoms with Gasteiger partial charge in [0.05, 0.1) is 10.7 Å². The summed E-state index contributed by atoms with van der Waals surface area (Å²) in [6.45, 7) is -0.611. The van der Waals surface area contributed by atoms with Crippen LogP contribution in [0.15, 0.2) is 46.7 Å². The van der Waals surface area contributed by atoms with Crippen molar-refractivity contribution in [3.8, 4) is 11.3 Å². The van der Waals surface area contributed by atoms with Crippen molar-refractivity contribution in [2.24, 2.45) is 0 Å². The third kappa shape index (κ3) is 4.39. The topological polar surface area (TPSA) is 64.0 Å². The lowest BCUT2D eigenvalue weighted by molar-refractivity contribution is -0.139. The molecule has 3 rings (SSSR count). The number of halogens is 5. The molecular weight excluding hydrogens is 422 g/mol. The minimum Gasteiger partial charge on any atom is -0.306 e. The van der Waals surface area contributed by atoms with E-state index in [1.807, 2.05) is 0 Å². The third-order valence-corrected chi connectivity index (χ3v) is 4.65. The van der Waals surface area contributed by atoms with E-state index >= 15 is 0 Å². The van der Waals surface area contributed by atoms with E-state index in [2.05, 4.69) is 10.3 Å². The molecule has 2 heterocycles. The van der Waals surface area contributed by atoms with Crippen molar-refractivity contribution >= 4 is 34.0 Å². The highest BCUT2D eigenvalue weighted by molar-refractivity contribution is 7.14. The Morgan fingerprint density at radius 3 is 2.71 bits per heavy atom. The van der Waals surface area contributed by atoms with Gasteiger partial charge >= 0.3 is 6.18 Å². The molecule has 0 bridgehead atoms. The molecule has 11 heteroatoms. The van der Waals surface area contributed by atoms with Gasteiger partial charge in [-0.05, 0) is 30.3 Å². The number of aromatic nitrogens is 2. The number of carbonyl (C=O) groups is 1. The second-order valence-electron chi connectivity index (χ2n) is 5.57. The van der Waals surface area contributed by atoms with Gasteiger partial charge in [0.2, 0.25) is 5.91 Å². The summed E-state index contributed by atoms with van der Waals surface area (Å²) in [4.78, 5) is 28.1. The van der Waals surface area contributed by atoms with E-state index in [1.165, 1.54) is 18.2 Å². The van der Waals surface area contributed by atoms with E-state index in [0.717, 1.165) is 23.6 Å². The van der Waals surface area contributed by atoms with Crippen LogP contribution in [0, 0.1) is 5.82 Å². The Kier molecular flexibility index (Phi) is 5.52. The standard InChI is InChI=1S/C17H10ClF4N3O2S/c18-11-6-9(3-4-12(11)19)13-8-28-16(23-13)24-14(26)7-25-5-1-2-10(15(25)27)17(20,21)22/h1-6,8H,7H2,(H,23,24,26). The zero-order valence-corrected chi connectivity index (χ0v) is 15.3. The fourth-order valence-corrected chi connectivity index (χ4v) is 3.23. The lowest BCUT2D eigenvalue weighted by Gasteiger charge is -2.09. The summed E-state index contributed by atoms with van der Waals surface area (Å²) in [7, 11) is 0. The Balaban J connectivity index is 1.74. The molecule has 2 aromatic heterocycles. The number of nitrogens with one attached hydrogen (secondary N) is 1. The predicted octanol–water partition coefficient (Wildman–Crippen LogP) is 4.42. The van der Waals surface area contributed by atoms with Gasteiger partial charge < -0.3 is 9.88 Å². The van der Waals surface area contributed by atoms with Crippen molar-refractivity contribution in [2.75, 3.05) is 5.32 Å². The number of hydrogen-bond donors (Lipinski definition) is 1. The number of alkyl halides is 3. The number of carbonyl (C=O) groups excluding carboxylic acids is 1. The lowest BCUT2D eigenvalue weighted by Crippen LogP contribution is -2.31. The molecule has 0 spiro atoms. The monoisotopic (exact) mass is 431 g/mol. The molecule has 1 N–H and O–H groups in total. The number of benzene rings is 1. The first-order valence-corrected chi connectivity index (χ1v) is 8.88. The highest BCUT2D eigenvalue weighted by Gasteiger charge is 2.34. The second-order valence-corrected chi connectivity index (χ2v) is 6.83. The van der Waals surface area contributed by atoms with E-state index in [-0.39, 0.29) is 10.2 Å². The second kappa shape index (κ2) is 7.72. The zero-order valence-electron chi connectivity index (χ0n) is 13.8. The number of hydrogen-bond acceptors (Lipinski definition) is 4. The van der Waals surface area contributed by atoms with Gasteiger partial charge in [-0.25, -0.2) is 9.37 Å². The van der Waals surface area contributed by atoms with Gasteiger partial charge in [-0.2, -0.15) is 13.2 Å². The van der Waals surface area contributed by atoms with Crippen LogP contribution in [0.4, 0.5) is 22.7 Å². The number of thiazole rings is 1. The Hall–Kier alpha value is -2.72.